The lowest BCUT2D eigenvalue weighted by Crippen LogP contribution is -2.39. The van der Waals surface area contributed by atoms with Crippen LogP contribution in [0.1, 0.15) is 43.2 Å². The second-order valence-corrected chi connectivity index (χ2v) is 6.85. The molecule has 0 radical (unpaired) electrons. The monoisotopic (exact) mass is 323 g/mol. The number of carbonyl (C=O) groups is 1. The first-order valence-electron chi connectivity index (χ1n) is 8.89. The molecule has 0 unspecified atom stereocenters. The van der Waals surface area contributed by atoms with E-state index in [0.29, 0.717) is 0 Å². The van der Waals surface area contributed by atoms with Crippen molar-refractivity contribution in [1.82, 2.24) is 9.80 Å². The number of hydrogen-bond donors (Lipinski definition) is 0. The number of benzene rings is 1. The van der Waals surface area contributed by atoms with Crippen molar-refractivity contribution in [2.45, 2.75) is 51.1 Å². The summed E-state index contributed by atoms with van der Waals surface area (Å²) in [5.74, 6) is -0.136. The molecule has 2 aliphatic rings. The molecule has 24 heavy (non-hydrogen) atoms. The highest BCUT2D eigenvalue weighted by atomic mass is 16.2. The normalized spacial score (nSPS) is 18.7. The fourth-order valence-corrected chi connectivity index (χ4v) is 3.77. The molecule has 1 aliphatic carbocycles. The predicted molar refractivity (Wildman–Crippen MR) is 93.9 cm³/mol. The topological polar surface area (TPSA) is 47.3 Å². The Balaban J connectivity index is 1.70. The van der Waals surface area contributed by atoms with Crippen LogP contribution in [0.3, 0.4) is 0 Å². The van der Waals surface area contributed by atoms with E-state index in [4.69, 9.17) is 0 Å². The molecule has 1 amide bonds. The lowest BCUT2D eigenvalue weighted by Gasteiger charge is -2.32. The molecule has 0 N–H and O–H groups in total. The van der Waals surface area contributed by atoms with Gasteiger partial charge < -0.3 is 9.80 Å². The van der Waals surface area contributed by atoms with Crippen molar-refractivity contribution < 1.29 is 4.79 Å². The summed E-state index contributed by atoms with van der Waals surface area (Å²) >= 11 is 0. The Labute approximate surface area is 144 Å². The van der Waals surface area contributed by atoms with Gasteiger partial charge in [-0.25, -0.2) is 0 Å². The number of carbonyl (C=O) groups excluding carboxylic acids is 1. The van der Waals surface area contributed by atoms with E-state index in [1.165, 1.54) is 30.4 Å². The highest BCUT2D eigenvalue weighted by Gasteiger charge is 2.25. The highest BCUT2D eigenvalue weighted by molar-refractivity contribution is 5.97. The zero-order chi connectivity index (χ0) is 16.9. The number of likely N-dealkylation sites (N-methyl/N-ethyl adjacent to an activating group) is 1. The zero-order valence-corrected chi connectivity index (χ0v) is 14.4. The van der Waals surface area contributed by atoms with Crippen molar-refractivity contribution in [3.8, 4) is 6.07 Å². The standard InChI is InChI=1S/C20H25N3O/c1-22(19-9-3-2-4-10-19)20(24)18(13-21)15-23-12-11-16-7-5-6-8-17(16)14-23/h5-8,15,19H,2-4,9-12,14H2,1H3/b18-15-. The van der Waals surface area contributed by atoms with Gasteiger partial charge in [-0.15, -0.1) is 0 Å². The first kappa shape index (κ1) is 16.6. The molecule has 0 saturated heterocycles. The molecule has 126 valence electrons. The fraction of sp³-hybridized carbons (Fsp3) is 0.500. The first-order valence-corrected chi connectivity index (χ1v) is 8.89. The van der Waals surface area contributed by atoms with E-state index in [1.54, 1.807) is 11.1 Å². The van der Waals surface area contributed by atoms with Crippen molar-refractivity contribution >= 4 is 5.91 Å². The minimum Gasteiger partial charge on any atom is -0.371 e. The van der Waals surface area contributed by atoms with Crippen molar-refractivity contribution in [1.29, 1.82) is 5.26 Å². The summed E-state index contributed by atoms with van der Waals surface area (Å²) in [6, 6.07) is 10.8. The van der Waals surface area contributed by atoms with E-state index < -0.39 is 0 Å². The number of nitriles is 1. The Hall–Kier alpha value is -2.28. The maximum absolute atomic E-state index is 12.7. The number of hydrogen-bond acceptors (Lipinski definition) is 3. The molecule has 0 atom stereocenters. The number of nitrogens with zero attached hydrogens (tertiary/aromatic N) is 3. The third-order valence-corrected chi connectivity index (χ3v) is 5.27. The van der Waals surface area contributed by atoms with Crippen LogP contribution in [0, 0.1) is 11.3 Å². The molecule has 3 rings (SSSR count). The molecule has 1 saturated carbocycles. The Morgan fingerprint density at radius 3 is 2.67 bits per heavy atom. The molecule has 0 aromatic heterocycles. The Kier molecular flexibility index (Phi) is 5.20. The molecule has 1 aromatic rings. The molecule has 1 heterocycles. The molecular weight excluding hydrogens is 298 g/mol. The quantitative estimate of drug-likeness (QED) is 0.634. The van der Waals surface area contributed by atoms with Crippen LogP contribution in [0.15, 0.2) is 36.0 Å². The van der Waals surface area contributed by atoms with E-state index in [1.807, 2.05) is 13.1 Å². The van der Waals surface area contributed by atoms with Gasteiger partial charge in [-0.2, -0.15) is 5.26 Å². The highest BCUT2D eigenvalue weighted by Crippen LogP contribution is 2.23. The number of amides is 1. The summed E-state index contributed by atoms with van der Waals surface area (Å²) in [5, 5.41) is 9.48. The summed E-state index contributed by atoms with van der Waals surface area (Å²) < 4.78 is 0. The van der Waals surface area contributed by atoms with Crippen LogP contribution in [0.25, 0.3) is 0 Å². The maximum atomic E-state index is 12.7. The van der Waals surface area contributed by atoms with Crippen LogP contribution >= 0.6 is 0 Å². The Morgan fingerprint density at radius 1 is 1.25 bits per heavy atom. The van der Waals surface area contributed by atoms with Crippen LogP contribution in [-0.4, -0.2) is 35.3 Å². The summed E-state index contributed by atoms with van der Waals surface area (Å²) in [6.45, 7) is 1.62. The lowest BCUT2D eigenvalue weighted by molar-refractivity contribution is -0.128. The second-order valence-electron chi connectivity index (χ2n) is 6.85. The van der Waals surface area contributed by atoms with Gasteiger partial charge >= 0.3 is 0 Å². The van der Waals surface area contributed by atoms with Crippen molar-refractivity contribution in [2.24, 2.45) is 0 Å². The van der Waals surface area contributed by atoms with Gasteiger partial charge in [-0.1, -0.05) is 43.5 Å². The van der Waals surface area contributed by atoms with Crippen LogP contribution in [0.4, 0.5) is 0 Å². The van der Waals surface area contributed by atoms with Gasteiger partial charge in [-0.3, -0.25) is 4.79 Å². The molecule has 4 nitrogen and oxygen atoms in total. The molecule has 1 aromatic carbocycles. The summed E-state index contributed by atoms with van der Waals surface area (Å²) in [5.41, 5.74) is 2.90. The van der Waals surface area contributed by atoms with Crippen molar-refractivity contribution in [2.75, 3.05) is 13.6 Å². The van der Waals surface area contributed by atoms with E-state index in [-0.39, 0.29) is 17.5 Å². The van der Waals surface area contributed by atoms with Crippen LogP contribution < -0.4 is 0 Å². The van der Waals surface area contributed by atoms with E-state index >= 15 is 0 Å². The molecule has 4 heteroatoms. The average Bonchev–Trinajstić information content (AvgIpc) is 2.65. The van der Waals surface area contributed by atoms with Gasteiger partial charge in [0.2, 0.25) is 0 Å². The van der Waals surface area contributed by atoms with E-state index in [9.17, 15) is 10.1 Å². The summed E-state index contributed by atoms with van der Waals surface area (Å²) in [7, 11) is 1.84. The fourth-order valence-electron chi connectivity index (χ4n) is 3.77. The Morgan fingerprint density at radius 2 is 1.96 bits per heavy atom. The Bertz CT molecular complexity index is 668. The smallest absolute Gasteiger partial charge is 0.265 e. The van der Waals surface area contributed by atoms with Crippen molar-refractivity contribution in [3.05, 3.63) is 47.2 Å². The number of rotatable bonds is 3. The first-order chi connectivity index (χ1) is 11.7. The maximum Gasteiger partial charge on any atom is 0.265 e. The SMILES string of the molecule is CN(C(=O)/C(C#N)=C\N1CCc2ccccc2C1)C1CCCCC1. The van der Waals surface area contributed by atoms with Gasteiger partial charge in [0.15, 0.2) is 0 Å². The minimum atomic E-state index is -0.136. The summed E-state index contributed by atoms with van der Waals surface area (Å²) in [6.07, 6.45) is 8.44. The van der Waals surface area contributed by atoms with Gasteiger partial charge in [0.1, 0.15) is 11.6 Å². The van der Waals surface area contributed by atoms with Gasteiger partial charge in [0, 0.05) is 32.4 Å². The van der Waals surface area contributed by atoms with Crippen LogP contribution in [0.5, 0.6) is 0 Å². The molecule has 1 fully saturated rings. The number of fused-ring (bicyclic) bond motifs is 1. The van der Waals surface area contributed by atoms with Crippen LogP contribution in [-0.2, 0) is 17.8 Å². The molecule has 0 spiro atoms. The largest absolute Gasteiger partial charge is 0.371 e. The third kappa shape index (κ3) is 3.62. The van der Waals surface area contributed by atoms with E-state index in [2.05, 4.69) is 29.2 Å². The summed E-state index contributed by atoms with van der Waals surface area (Å²) in [4.78, 5) is 16.6. The zero-order valence-electron chi connectivity index (χ0n) is 14.4. The van der Waals surface area contributed by atoms with Gasteiger partial charge in [0.05, 0.1) is 0 Å². The predicted octanol–water partition coefficient (Wildman–Crippen LogP) is 3.24. The molecule has 0 bridgehead atoms. The lowest BCUT2D eigenvalue weighted by atomic mass is 9.94. The third-order valence-electron chi connectivity index (χ3n) is 5.27. The second kappa shape index (κ2) is 7.53. The van der Waals surface area contributed by atoms with Crippen molar-refractivity contribution in [3.63, 3.8) is 0 Å². The van der Waals surface area contributed by atoms with Gasteiger partial charge in [0.25, 0.3) is 5.91 Å². The molecule has 1 aliphatic heterocycles. The van der Waals surface area contributed by atoms with Gasteiger partial charge in [-0.05, 0) is 30.4 Å². The minimum absolute atomic E-state index is 0.136. The van der Waals surface area contributed by atoms with E-state index in [0.717, 1.165) is 32.4 Å². The van der Waals surface area contributed by atoms with Crippen LogP contribution in [0.2, 0.25) is 0 Å². The molecular formula is C20H25N3O. The average molecular weight is 323 g/mol.